The van der Waals surface area contributed by atoms with Crippen molar-refractivity contribution in [3.8, 4) is 0 Å². The fourth-order valence-corrected chi connectivity index (χ4v) is 2.31. The summed E-state index contributed by atoms with van der Waals surface area (Å²) in [4.78, 5) is 4.45. The molecule has 0 aliphatic carbocycles. The maximum atomic E-state index is 11.9. The number of nitrogens with zero attached hydrogens (tertiary/aromatic N) is 1. The third kappa shape index (κ3) is 5.20. The Labute approximate surface area is 113 Å². The van der Waals surface area contributed by atoms with Gasteiger partial charge in [-0.2, -0.15) is 0 Å². The van der Waals surface area contributed by atoms with Crippen LogP contribution in [0.2, 0.25) is 0 Å². The fraction of sp³-hybridized carbons (Fsp3) is 0.643. The number of hydrogen-bond acceptors (Lipinski definition) is 3. The van der Waals surface area contributed by atoms with Gasteiger partial charge in [-0.3, -0.25) is 4.98 Å². The summed E-state index contributed by atoms with van der Waals surface area (Å²) in [5.41, 5.74) is 4.37. The summed E-state index contributed by atoms with van der Waals surface area (Å²) < 4.78 is 28.6. The average molecular weight is 272 g/mol. The summed E-state index contributed by atoms with van der Waals surface area (Å²) in [7, 11) is 0. The van der Waals surface area contributed by atoms with E-state index in [-0.39, 0.29) is 12.6 Å². The second-order valence-electron chi connectivity index (χ2n) is 4.72. The van der Waals surface area contributed by atoms with E-state index in [2.05, 4.69) is 17.2 Å². The van der Waals surface area contributed by atoms with E-state index in [9.17, 15) is 8.78 Å². The summed E-state index contributed by atoms with van der Waals surface area (Å²) >= 11 is 0. The lowest BCUT2D eigenvalue weighted by Gasteiger charge is -2.19. The largest absolute Gasteiger partial charge is 0.374 e. The number of aromatic nitrogens is 1. The van der Waals surface area contributed by atoms with Gasteiger partial charge in [0.15, 0.2) is 0 Å². The van der Waals surface area contributed by atoms with Gasteiger partial charge in [-0.25, -0.2) is 8.78 Å². The van der Waals surface area contributed by atoms with Gasteiger partial charge >= 0.3 is 0 Å². The smallest absolute Gasteiger partial charge is 0.261 e. The van der Waals surface area contributed by atoms with E-state index in [4.69, 9.17) is 4.74 Å². The molecule has 3 nitrogen and oxygen atoms in total. The molecule has 5 heteroatoms. The number of pyridine rings is 1. The molecule has 0 amide bonds. The zero-order valence-corrected chi connectivity index (χ0v) is 12.0. The van der Waals surface area contributed by atoms with Crippen molar-refractivity contribution in [3.63, 3.8) is 0 Å². The van der Waals surface area contributed by atoms with Crippen molar-refractivity contribution < 1.29 is 13.5 Å². The first-order valence-electron chi connectivity index (χ1n) is 6.45. The quantitative estimate of drug-likeness (QED) is 0.775. The molecular weight excluding hydrogens is 250 g/mol. The maximum absolute atomic E-state index is 11.9. The van der Waals surface area contributed by atoms with Gasteiger partial charge in [0.05, 0.1) is 6.61 Å². The molecular formula is C14H22F2N2O. The number of aryl methyl sites for hydroxylation is 3. The van der Waals surface area contributed by atoms with Gasteiger partial charge in [0.1, 0.15) is 6.61 Å². The van der Waals surface area contributed by atoms with Crippen LogP contribution in [0.4, 0.5) is 8.78 Å². The van der Waals surface area contributed by atoms with Gasteiger partial charge < -0.3 is 10.1 Å². The molecule has 1 N–H and O–H groups in total. The van der Waals surface area contributed by atoms with E-state index >= 15 is 0 Å². The highest BCUT2D eigenvalue weighted by molar-refractivity contribution is 5.33. The molecule has 1 rings (SSSR count). The highest BCUT2D eigenvalue weighted by Gasteiger charge is 2.12. The highest BCUT2D eigenvalue weighted by Crippen LogP contribution is 2.20. The number of hydrogen-bond donors (Lipinski definition) is 1. The van der Waals surface area contributed by atoms with Gasteiger partial charge in [0.2, 0.25) is 0 Å². The first kappa shape index (κ1) is 16.0. The van der Waals surface area contributed by atoms with E-state index in [0.29, 0.717) is 6.54 Å². The van der Waals surface area contributed by atoms with Crippen LogP contribution in [0.3, 0.4) is 0 Å². The molecule has 1 aromatic rings. The number of nitrogens with one attached hydrogen (secondary N) is 1. The molecule has 1 aromatic heterocycles. The molecule has 0 radical (unpaired) electrons. The zero-order valence-electron chi connectivity index (χ0n) is 12.0. The van der Waals surface area contributed by atoms with Gasteiger partial charge in [0, 0.05) is 24.0 Å². The molecule has 0 fully saturated rings. The Balaban J connectivity index is 2.48. The minimum Gasteiger partial charge on any atom is -0.374 e. The second-order valence-corrected chi connectivity index (χ2v) is 4.72. The Morgan fingerprint density at radius 2 is 2.00 bits per heavy atom. The van der Waals surface area contributed by atoms with Gasteiger partial charge in [-0.15, -0.1) is 0 Å². The van der Waals surface area contributed by atoms with E-state index in [0.717, 1.165) is 11.4 Å². The second kappa shape index (κ2) is 7.50. The van der Waals surface area contributed by atoms with Crippen molar-refractivity contribution in [3.05, 3.63) is 28.6 Å². The van der Waals surface area contributed by atoms with Crippen molar-refractivity contribution in [2.75, 3.05) is 19.8 Å². The Morgan fingerprint density at radius 1 is 1.32 bits per heavy atom. The monoisotopic (exact) mass is 272 g/mol. The SMILES string of the molecule is Cc1cc(C)c(C(C)NCCOCC(F)F)c(C)n1. The first-order chi connectivity index (χ1) is 8.91. The fourth-order valence-electron chi connectivity index (χ4n) is 2.31. The topological polar surface area (TPSA) is 34.1 Å². The summed E-state index contributed by atoms with van der Waals surface area (Å²) in [5.74, 6) is 0. The van der Waals surface area contributed by atoms with Crippen LogP contribution < -0.4 is 5.32 Å². The predicted molar refractivity (Wildman–Crippen MR) is 71.7 cm³/mol. The molecule has 108 valence electrons. The van der Waals surface area contributed by atoms with E-state index in [1.807, 2.05) is 26.8 Å². The van der Waals surface area contributed by atoms with Crippen LogP contribution in [0.25, 0.3) is 0 Å². The van der Waals surface area contributed by atoms with E-state index in [1.54, 1.807) is 0 Å². The predicted octanol–water partition coefficient (Wildman–Crippen LogP) is 2.94. The third-order valence-electron chi connectivity index (χ3n) is 2.96. The Hall–Kier alpha value is -1.07. The Kier molecular flexibility index (Phi) is 6.31. The van der Waals surface area contributed by atoms with Gasteiger partial charge in [0.25, 0.3) is 6.43 Å². The van der Waals surface area contributed by atoms with Crippen LogP contribution >= 0.6 is 0 Å². The lowest BCUT2D eigenvalue weighted by Crippen LogP contribution is -2.25. The number of rotatable bonds is 7. The van der Waals surface area contributed by atoms with Crippen molar-refractivity contribution in [1.29, 1.82) is 0 Å². The zero-order chi connectivity index (χ0) is 14.4. The molecule has 19 heavy (non-hydrogen) atoms. The molecule has 0 saturated carbocycles. The molecule has 0 saturated heterocycles. The average Bonchev–Trinajstić information content (AvgIpc) is 2.26. The van der Waals surface area contributed by atoms with Crippen LogP contribution in [-0.2, 0) is 4.74 Å². The minimum absolute atomic E-state index is 0.128. The lowest BCUT2D eigenvalue weighted by molar-refractivity contribution is 0.0183. The van der Waals surface area contributed by atoms with Crippen LogP contribution in [-0.4, -0.2) is 31.2 Å². The normalized spacial score (nSPS) is 13.0. The van der Waals surface area contributed by atoms with Crippen LogP contribution in [0.1, 0.15) is 35.5 Å². The molecule has 0 aliphatic rings. The Bertz CT molecular complexity index is 387. The summed E-state index contributed by atoms with van der Waals surface area (Å²) in [6, 6.07) is 2.18. The molecule has 0 spiro atoms. The molecule has 0 bridgehead atoms. The standard InChI is InChI=1S/C14H22F2N2O/c1-9-7-10(2)18-12(4)14(9)11(3)17-5-6-19-8-13(15)16/h7,11,13,17H,5-6,8H2,1-4H3. The van der Waals surface area contributed by atoms with E-state index in [1.165, 1.54) is 11.1 Å². The van der Waals surface area contributed by atoms with Crippen LogP contribution in [0, 0.1) is 20.8 Å². The summed E-state index contributed by atoms with van der Waals surface area (Å²) in [6.07, 6.45) is -2.40. The molecule has 1 atom stereocenters. The van der Waals surface area contributed by atoms with Crippen molar-refractivity contribution >= 4 is 0 Å². The van der Waals surface area contributed by atoms with Gasteiger partial charge in [-0.05, 0) is 44.9 Å². The van der Waals surface area contributed by atoms with Crippen molar-refractivity contribution in [2.45, 2.75) is 40.2 Å². The highest BCUT2D eigenvalue weighted by atomic mass is 19.3. The van der Waals surface area contributed by atoms with Crippen molar-refractivity contribution in [1.82, 2.24) is 10.3 Å². The molecule has 1 heterocycles. The van der Waals surface area contributed by atoms with Gasteiger partial charge in [-0.1, -0.05) is 0 Å². The first-order valence-corrected chi connectivity index (χ1v) is 6.45. The number of alkyl halides is 2. The van der Waals surface area contributed by atoms with Crippen molar-refractivity contribution in [2.24, 2.45) is 0 Å². The number of halogens is 2. The molecule has 1 unspecified atom stereocenters. The molecule has 0 aliphatic heterocycles. The van der Waals surface area contributed by atoms with Crippen LogP contribution in [0.15, 0.2) is 6.07 Å². The lowest BCUT2D eigenvalue weighted by atomic mass is 10.0. The van der Waals surface area contributed by atoms with Crippen LogP contribution in [0.5, 0.6) is 0 Å². The summed E-state index contributed by atoms with van der Waals surface area (Å²) in [6.45, 7) is 8.38. The Morgan fingerprint density at radius 3 is 2.58 bits per heavy atom. The third-order valence-corrected chi connectivity index (χ3v) is 2.96. The maximum Gasteiger partial charge on any atom is 0.261 e. The molecule has 0 aromatic carbocycles. The minimum atomic E-state index is -2.40. The number of ether oxygens (including phenoxy) is 1. The summed E-state index contributed by atoms with van der Waals surface area (Å²) in [5, 5.41) is 3.26. The van der Waals surface area contributed by atoms with E-state index < -0.39 is 13.0 Å².